The highest BCUT2D eigenvalue weighted by Crippen LogP contribution is 2.03. The van der Waals surface area contributed by atoms with E-state index in [1.54, 1.807) is 31.2 Å². The molecular weight excluding hydrogens is 496 g/mol. The summed E-state index contributed by atoms with van der Waals surface area (Å²) < 4.78 is 0. The van der Waals surface area contributed by atoms with Crippen LogP contribution in [0, 0.1) is 0 Å². The predicted octanol–water partition coefficient (Wildman–Crippen LogP) is -2.20. The Balaban J connectivity index is 2.50. The van der Waals surface area contributed by atoms with Gasteiger partial charge in [0, 0.05) is 39.1 Å². The van der Waals surface area contributed by atoms with Crippen molar-refractivity contribution in [2.75, 3.05) is 39.8 Å². The van der Waals surface area contributed by atoms with Gasteiger partial charge in [0.1, 0.15) is 12.3 Å². The summed E-state index contributed by atoms with van der Waals surface area (Å²) in [5.41, 5.74) is 0.782. The molecular formula is C25H34N6O7. The van der Waals surface area contributed by atoms with Crippen molar-refractivity contribution in [1.82, 2.24) is 31.5 Å². The Kier molecular flexibility index (Phi) is 14.8. The number of aldehydes is 1. The molecule has 0 fully saturated rings. The number of benzene rings is 1. The van der Waals surface area contributed by atoms with Gasteiger partial charge in [-0.2, -0.15) is 0 Å². The molecule has 0 radical (unpaired) electrons. The Bertz CT molecular complexity index is 1010. The third-order valence-corrected chi connectivity index (χ3v) is 4.99. The number of nitrogens with zero attached hydrogens (tertiary/aromatic N) is 1. The summed E-state index contributed by atoms with van der Waals surface area (Å²) in [6, 6.07) is 7.97. The molecule has 0 aliphatic rings. The first-order valence-corrected chi connectivity index (χ1v) is 11.9. The summed E-state index contributed by atoms with van der Waals surface area (Å²) in [5, 5.41) is 12.3. The number of hydrogen-bond donors (Lipinski definition) is 5. The van der Waals surface area contributed by atoms with Crippen LogP contribution in [-0.2, 0) is 40.0 Å². The fraction of sp³-hybridized carbons (Fsp3) is 0.400. The van der Waals surface area contributed by atoms with E-state index >= 15 is 0 Å². The van der Waals surface area contributed by atoms with Gasteiger partial charge in [0.05, 0.1) is 19.6 Å². The summed E-state index contributed by atoms with van der Waals surface area (Å²) in [7, 11) is 1.46. The van der Waals surface area contributed by atoms with E-state index in [1.165, 1.54) is 11.9 Å². The standard InChI is InChI=1S/C25H34N6O7/c1-3-26-21(34)16-29-25(38)19(14-18-8-5-4-6-9-18)30-23(36)17-28-22(35)15-27-20(33)11-12-31(2)24(37)10-7-13-32/h4-10,13,19H,3,11-12,14-17H2,1-2H3,(H,26,34)(H,27,33)(H,28,35)(H,29,38)(H,30,36)/b10-7-. The topological polar surface area (TPSA) is 183 Å². The first-order chi connectivity index (χ1) is 18.2. The average Bonchev–Trinajstić information content (AvgIpc) is 2.91. The van der Waals surface area contributed by atoms with E-state index in [-0.39, 0.29) is 31.8 Å². The van der Waals surface area contributed by atoms with Gasteiger partial charge < -0.3 is 31.5 Å². The van der Waals surface area contributed by atoms with Gasteiger partial charge in [-0.25, -0.2) is 0 Å². The van der Waals surface area contributed by atoms with E-state index in [1.807, 2.05) is 6.07 Å². The molecule has 1 atom stereocenters. The lowest BCUT2D eigenvalue weighted by Gasteiger charge is -2.19. The number of nitrogens with one attached hydrogen (secondary N) is 5. The zero-order valence-electron chi connectivity index (χ0n) is 21.5. The second-order valence-electron chi connectivity index (χ2n) is 8.04. The van der Waals surface area contributed by atoms with E-state index in [9.17, 15) is 33.6 Å². The zero-order chi connectivity index (χ0) is 28.3. The molecule has 6 amide bonds. The predicted molar refractivity (Wildman–Crippen MR) is 137 cm³/mol. The van der Waals surface area contributed by atoms with Crippen molar-refractivity contribution in [3.8, 4) is 0 Å². The minimum Gasteiger partial charge on any atom is -0.355 e. The lowest BCUT2D eigenvalue weighted by molar-refractivity contribution is -0.131. The smallest absolute Gasteiger partial charge is 0.246 e. The van der Waals surface area contributed by atoms with E-state index < -0.39 is 48.7 Å². The molecule has 1 unspecified atom stereocenters. The molecule has 0 aliphatic carbocycles. The highest BCUT2D eigenvalue weighted by Gasteiger charge is 2.22. The van der Waals surface area contributed by atoms with E-state index in [2.05, 4.69) is 26.6 Å². The molecule has 0 heterocycles. The zero-order valence-corrected chi connectivity index (χ0v) is 21.5. The molecule has 0 spiro atoms. The number of allylic oxidation sites excluding steroid dienone is 1. The lowest BCUT2D eigenvalue weighted by Crippen LogP contribution is -2.52. The van der Waals surface area contributed by atoms with Crippen molar-refractivity contribution in [2.24, 2.45) is 0 Å². The first-order valence-electron chi connectivity index (χ1n) is 11.9. The second kappa shape index (κ2) is 17.8. The van der Waals surface area contributed by atoms with Crippen LogP contribution in [0.15, 0.2) is 42.5 Å². The number of rotatable bonds is 16. The molecule has 0 bridgehead atoms. The first kappa shape index (κ1) is 31.5. The van der Waals surface area contributed by atoms with Gasteiger partial charge in [0.25, 0.3) is 0 Å². The van der Waals surface area contributed by atoms with Crippen molar-refractivity contribution in [3.63, 3.8) is 0 Å². The number of likely N-dealkylation sites (N-methyl/N-ethyl adjacent to an activating group) is 2. The van der Waals surface area contributed by atoms with E-state index in [4.69, 9.17) is 0 Å². The largest absolute Gasteiger partial charge is 0.355 e. The maximum Gasteiger partial charge on any atom is 0.246 e. The van der Waals surface area contributed by atoms with Gasteiger partial charge in [0.2, 0.25) is 35.4 Å². The van der Waals surface area contributed by atoms with E-state index in [0.717, 1.165) is 17.7 Å². The maximum absolute atomic E-state index is 12.6. The van der Waals surface area contributed by atoms with Crippen LogP contribution in [0.25, 0.3) is 0 Å². The summed E-state index contributed by atoms with van der Waals surface area (Å²) in [4.78, 5) is 83.8. The Morgan fingerprint density at radius 3 is 2.11 bits per heavy atom. The van der Waals surface area contributed by atoms with Gasteiger partial charge in [0.15, 0.2) is 0 Å². The fourth-order valence-corrected chi connectivity index (χ4v) is 2.99. The number of carbonyl (C=O) groups excluding carboxylic acids is 7. The Morgan fingerprint density at radius 2 is 1.45 bits per heavy atom. The van der Waals surface area contributed by atoms with Gasteiger partial charge in [-0.15, -0.1) is 0 Å². The van der Waals surface area contributed by atoms with Gasteiger partial charge in [-0.3, -0.25) is 33.6 Å². The van der Waals surface area contributed by atoms with Crippen LogP contribution in [0.3, 0.4) is 0 Å². The van der Waals surface area contributed by atoms with Gasteiger partial charge in [-0.05, 0) is 18.6 Å². The molecule has 206 valence electrons. The second-order valence-corrected chi connectivity index (χ2v) is 8.04. The van der Waals surface area contributed by atoms with Crippen LogP contribution in [0.2, 0.25) is 0 Å². The number of hydrogen-bond acceptors (Lipinski definition) is 7. The minimum atomic E-state index is -0.989. The summed E-state index contributed by atoms with van der Waals surface area (Å²) in [6.45, 7) is 1.15. The van der Waals surface area contributed by atoms with Crippen LogP contribution in [0.1, 0.15) is 18.9 Å². The molecule has 1 aromatic carbocycles. The molecule has 1 rings (SSSR count). The Labute approximate surface area is 220 Å². The van der Waals surface area contributed by atoms with Crippen LogP contribution >= 0.6 is 0 Å². The van der Waals surface area contributed by atoms with Crippen molar-refractivity contribution < 1.29 is 33.6 Å². The van der Waals surface area contributed by atoms with Gasteiger partial charge >= 0.3 is 0 Å². The minimum absolute atomic E-state index is 0.0719. The SMILES string of the molecule is CCNC(=O)CNC(=O)C(Cc1ccccc1)NC(=O)CNC(=O)CNC(=O)CCN(C)C(=O)/C=C\C=O. The fourth-order valence-electron chi connectivity index (χ4n) is 2.99. The molecule has 13 heteroatoms. The van der Waals surface area contributed by atoms with Crippen LogP contribution < -0.4 is 26.6 Å². The lowest BCUT2D eigenvalue weighted by atomic mass is 10.1. The molecule has 5 N–H and O–H groups in total. The van der Waals surface area contributed by atoms with E-state index in [0.29, 0.717) is 12.8 Å². The van der Waals surface area contributed by atoms with Crippen molar-refractivity contribution in [2.45, 2.75) is 25.8 Å². The number of amides is 6. The Morgan fingerprint density at radius 1 is 0.842 bits per heavy atom. The van der Waals surface area contributed by atoms with Gasteiger partial charge in [-0.1, -0.05) is 30.3 Å². The molecule has 0 saturated heterocycles. The molecule has 1 aromatic rings. The maximum atomic E-state index is 12.6. The van der Waals surface area contributed by atoms with Crippen molar-refractivity contribution >= 4 is 41.7 Å². The molecule has 0 aliphatic heterocycles. The normalized spacial score (nSPS) is 11.1. The third kappa shape index (κ3) is 13.5. The van der Waals surface area contributed by atoms with Crippen LogP contribution in [0.4, 0.5) is 0 Å². The third-order valence-electron chi connectivity index (χ3n) is 4.99. The molecule has 0 aromatic heterocycles. The van der Waals surface area contributed by atoms with Crippen molar-refractivity contribution in [3.05, 3.63) is 48.0 Å². The van der Waals surface area contributed by atoms with Crippen molar-refractivity contribution in [1.29, 1.82) is 0 Å². The number of carbonyl (C=O) groups is 7. The highest BCUT2D eigenvalue weighted by molar-refractivity contribution is 5.93. The summed E-state index contributed by atoms with van der Waals surface area (Å²) in [5.74, 6) is -3.13. The molecule has 13 nitrogen and oxygen atoms in total. The summed E-state index contributed by atoms with van der Waals surface area (Å²) in [6.07, 6.45) is 2.67. The van der Waals surface area contributed by atoms with Crippen LogP contribution in [0.5, 0.6) is 0 Å². The highest BCUT2D eigenvalue weighted by atomic mass is 16.2. The molecule has 38 heavy (non-hydrogen) atoms. The molecule has 0 saturated carbocycles. The average molecular weight is 531 g/mol. The quantitative estimate of drug-likeness (QED) is 0.119. The summed E-state index contributed by atoms with van der Waals surface area (Å²) >= 11 is 0. The Hall–Kier alpha value is -4.55. The monoisotopic (exact) mass is 530 g/mol. The van der Waals surface area contributed by atoms with Crippen LogP contribution in [-0.4, -0.2) is 92.4 Å².